The van der Waals surface area contributed by atoms with Crippen molar-refractivity contribution in [3.63, 3.8) is 0 Å². The summed E-state index contributed by atoms with van der Waals surface area (Å²) in [7, 11) is 0. The number of nitrogens with zero attached hydrogens (tertiary/aromatic N) is 1. The third-order valence-electron chi connectivity index (χ3n) is 6.72. The Morgan fingerprint density at radius 1 is 1.14 bits per heavy atom. The minimum Gasteiger partial charge on any atom is -0.466 e. The lowest BCUT2D eigenvalue weighted by Crippen LogP contribution is -2.23. The van der Waals surface area contributed by atoms with Gasteiger partial charge in [-0.25, -0.2) is 4.98 Å². The van der Waals surface area contributed by atoms with Crippen LogP contribution in [0.3, 0.4) is 0 Å². The summed E-state index contributed by atoms with van der Waals surface area (Å²) in [5, 5.41) is 0.540. The fourth-order valence-electron chi connectivity index (χ4n) is 4.76. The molecule has 2 heterocycles. The number of pyridine rings is 1. The topological polar surface area (TPSA) is 51.7 Å². The van der Waals surface area contributed by atoms with Crippen LogP contribution in [-0.2, 0) is 33.3 Å². The first-order valence-electron chi connectivity index (χ1n) is 12.5. The van der Waals surface area contributed by atoms with E-state index in [9.17, 15) is 18.0 Å². The predicted octanol–water partition coefficient (Wildman–Crippen LogP) is 7.17. The number of hydrogen-bond acceptors (Lipinski definition) is 5. The first-order valence-corrected chi connectivity index (χ1v) is 13.5. The van der Waals surface area contributed by atoms with Crippen molar-refractivity contribution in [1.29, 1.82) is 0 Å². The first kappa shape index (κ1) is 26.7. The van der Waals surface area contributed by atoms with Crippen LogP contribution < -0.4 is 0 Å². The molecule has 0 spiro atoms. The minimum atomic E-state index is -4.39. The molecule has 4 rings (SSSR count). The number of benzene rings is 1. The van der Waals surface area contributed by atoms with Crippen LogP contribution in [0.25, 0.3) is 5.57 Å². The van der Waals surface area contributed by atoms with Crippen molar-refractivity contribution in [2.75, 3.05) is 5.75 Å². The molecule has 1 aromatic heterocycles. The number of aromatic nitrogens is 1. The summed E-state index contributed by atoms with van der Waals surface area (Å²) in [4.78, 5) is 17.5. The van der Waals surface area contributed by atoms with Crippen LogP contribution in [0.4, 0.5) is 13.2 Å². The Balaban J connectivity index is 1.53. The average Bonchev–Trinajstić information content (AvgIpc) is 3.52. The zero-order valence-electron chi connectivity index (χ0n) is 21.1. The predicted molar refractivity (Wildman–Crippen MR) is 135 cm³/mol. The van der Waals surface area contributed by atoms with Gasteiger partial charge in [0.25, 0.3) is 0 Å². The molecule has 36 heavy (non-hydrogen) atoms. The zero-order chi connectivity index (χ0) is 26.0. The van der Waals surface area contributed by atoms with Crippen LogP contribution >= 0.6 is 11.8 Å². The maximum absolute atomic E-state index is 13.6. The van der Waals surface area contributed by atoms with Crippen LogP contribution in [0.1, 0.15) is 67.9 Å². The fraction of sp³-hybridized carbons (Fsp3) is 0.500. The van der Waals surface area contributed by atoms with Gasteiger partial charge in [-0.15, -0.1) is 11.8 Å². The molecule has 0 amide bonds. The third kappa shape index (κ3) is 6.14. The third-order valence-corrected chi connectivity index (χ3v) is 7.69. The Morgan fingerprint density at radius 2 is 1.81 bits per heavy atom. The molecule has 1 aromatic carbocycles. The number of ketones is 1. The van der Waals surface area contributed by atoms with E-state index in [0.717, 1.165) is 48.2 Å². The van der Waals surface area contributed by atoms with Crippen LogP contribution in [0.5, 0.6) is 0 Å². The molecule has 0 radical (unpaired) electrons. The highest BCUT2D eigenvalue weighted by Crippen LogP contribution is 2.41. The number of alkyl halides is 3. The molecule has 2 aliphatic rings. The Kier molecular flexibility index (Phi) is 8.15. The number of Topliss-reactive ketones (excluding diaryl/α,β-unsaturated/α-hetero) is 1. The average molecular weight is 520 g/mol. The molecular formula is C28H32F3NO3S. The number of carbonyl (C=O) groups excluding carboxylic acids is 1. The number of thioether (sulfide) groups is 1. The van der Waals surface area contributed by atoms with Gasteiger partial charge in [-0.05, 0) is 73.6 Å². The van der Waals surface area contributed by atoms with Gasteiger partial charge in [-0.1, -0.05) is 31.5 Å². The second kappa shape index (κ2) is 11.0. The van der Waals surface area contributed by atoms with Gasteiger partial charge >= 0.3 is 6.18 Å². The molecule has 8 heteroatoms. The number of hydrogen-bond donors (Lipinski definition) is 0. The van der Waals surface area contributed by atoms with Crippen molar-refractivity contribution in [3.8, 4) is 0 Å². The molecule has 1 saturated heterocycles. The van der Waals surface area contributed by atoms with Gasteiger partial charge < -0.3 is 9.47 Å². The molecule has 1 aliphatic carbocycles. The number of halogens is 3. The lowest BCUT2D eigenvalue weighted by molar-refractivity contribution is -0.137. The molecule has 0 N–H and O–H groups in total. The van der Waals surface area contributed by atoms with E-state index in [0.29, 0.717) is 35.0 Å². The van der Waals surface area contributed by atoms with Gasteiger partial charge in [0.1, 0.15) is 11.9 Å². The van der Waals surface area contributed by atoms with Crippen molar-refractivity contribution in [3.05, 3.63) is 64.0 Å². The van der Waals surface area contributed by atoms with E-state index in [1.165, 1.54) is 23.4 Å². The van der Waals surface area contributed by atoms with E-state index in [4.69, 9.17) is 9.47 Å². The SMILES string of the molecule is CCc1cc(C)cc(CC)c1C1=C(OC2OC2C)CC(CCSc2ccc(C(F)(F)F)cn2)CC1=O. The standard InChI is InChI=1S/C28H32F3NO3S/c1-5-19-11-16(3)12-20(6-2)25(19)26-22(33)13-18(14-23(26)35-27-17(4)34-27)9-10-36-24-8-7-21(15-32-24)28(29,30)31/h7-8,11-12,15,17-18,27H,5-6,9-10,13-14H2,1-4H3. The second-order valence-electron chi connectivity index (χ2n) is 9.51. The summed E-state index contributed by atoms with van der Waals surface area (Å²) < 4.78 is 50.1. The van der Waals surface area contributed by atoms with Crippen LogP contribution in [-0.4, -0.2) is 28.9 Å². The summed E-state index contributed by atoms with van der Waals surface area (Å²) in [5.74, 6) is 1.53. The van der Waals surface area contributed by atoms with Crippen molar-refractivity contribution in [1.82, 2.24) is 4.98 Å². The highest BCUT2D eigenvalue weighted by atomic mass is 32.2. The van der Waals surface area contributed by atoms with Crippen LogP contribution in [0, 0.1) is 12.8 Å². The molecule has 2 aromatic rings. The van der Waals surface area contributed by atoms with Crippen molar-refractivity contribution >= 4 is 23.1 Å². The molecule has 194 valence electrons. The summed E-state index contributed by atoms with van der Waals surface area (Å²) in [5.41, 5.74) is 4.45. The molecule has 4 nitrogen and oxygen atoms in total. The Hall–Kier alpha value is -2.32. The van der Waals surface area contributed by atoms with Gasteiger partial charge in [0.05, 0.1) is 16.2 Å². The van der Waals surface area contributed by atoms with Crippen LogP contribution in [0.15, 0.2) is 41.2 Å². The number of ether oxygens (including phenoxy) is 2. The summed E-state index contributed by atoms with van der Waals surface area (Å²) in [6, 6.07) is 6.76. The highest BCUT2D eigenvalue weighted by Gasteiger charge is 2.40. The van der Waals surface area contributed by atoms with E-state index in [-0.39, 0.29) is 24.1 Å². The second-order valence-corrected chi connectivity index (χ2v) is 10.6. The lowest BCUT2D eigenvalue weighted by Gasteiger charge is -2.28. The summed E-state index contributed by atoms with van der Waals surface area (Å²) in [6.07, 6.45) is -0.418. The number of rotatable bonds is 9. The van der Waals surface area contributed by atoms with Gasteiger partial charge in [0.15, 0.2) is 5.78 Å². The van der Waals surface area contributed by atoms with E-state index >= 15 is 0 Å². The number of allylic oxidation sites excluding steroid dienone is 2. The number of aryl methyl sites for hydroxylation is 3. The number of epoxide rings is 1. The largest absolute Gasteiger partial charge is 0.466 e. The molecular weight excluding hydrogens is 487 g/mol. The van der Waals surface area contributed by atoms with Crippen molar-refractivity contribution in [2.24, 2.45) is 5.92 Å². The highest BCUT2D eigenvalue weighted by molar-refractivity contribution is 7.99. The Labute approximate surface area is 214 Å². The van der Waals surface area contributed by atoms with Gasteiger partial charge in [0, 0.05) is 19.0 Å². The molecule has 3 unspecified atom stereocenters. The smallest absolute Gasteiger partial charge is 0.417 e. The fourth-order valence-corrected chi connectivity index (χ4v) is 5.71. The van der Waals surface area contributed by atoms with E-state index in [1.54, 1.807) is 0 Å². The summed E-state index contributed by atoms with van der Waals surface area (Å²) >= 11 is 1.40. The first-order chi connectivity index (χ1) is 17.1. The lowest BCUT2D eigenvalue weighted by atomic mass is 9.79. The Morgan fingerprint density at radius 3 is 2.33 bits per heavy atom. The van der Waals surface area contributed by atoms with E-state index in [2.05, 4.69) is 37.9 Å². The molecule has 1 aliphatic heterocycles. The summed E-state index contributed by atoms with van der Waals surface area (Å²) in [6.45, 7) is 8.23. The molecule has 0 bridgehead atoms. The quantitative estimate of drug-likeness (QED) is 0.260. The van der Waals surface area contributed by atoms with Gasteiger partial charge in [-0.3, -0.25) is 4.79 Å². The minimum absolute atomic E-state index is 0.00448. The molecule has 1 fully saturated rings. The zero-order valence-corrected chi connectivity index (χ0v) is 21.9. The molecule has 3 atom stereocenters. The van der Waals surface area contributed by atoms with Crippen LogP contribution in [0.2, 0.25) is 0 Å². The van der Waals surface area contributed by atoms with Gasteiger partial charge in [0.2, 0.25) is 6.29 Å². The molecule has 0 saturated carbocycles. The van der Waals surface area contributed by atoms with Crippen molar-refractivity contribution in [2.45, 2.75) is 83.4 Å². The van der Waals surface area contributed by atoms with E-state index in [1.807, 2.05) is 6.92 Å². The maximum atomic E-state index is 13.6. The monoisotopic (exact) mass is 519 g/mol. The normalized spacial score (nSPS) is 22.2. The van der Waals surface area contributed by atoms with Crippen molar-refractivity contribution < 1.29 is 27.4 Å². The van der Waals surface area contributed by atoms with Gasteiger partial charge in [-0.2, -0.15) is 13.2 Å². The number of carbonyl (C=O) groups is 1. The van der Waals surface area contributed by atoms with E-state index < -0.39 is 11.7 Å². The Bertz CT molecular complexity index is 1120. The maximum Gasteiger partial charge on any atom is 0.417 e.